The summed E-state index contributed by atoms with van der Waals surface area (Å²) in [6.07, 6.45) is -0.780. The smallest absolute Gasteiger partial charge is 0.408 e. The van der Waals surface area contributed by atoms with Gasteiger partial charge in [-0.1, -0.05) is 0 Å². The number of aromatic nitrogens is 1. The fourth-order valence-corrected chi connectivity index (χ4v) is 2.57. The molecule has 2 amide bonds. The maximum atomic E-state index is 12.4. The molecule has 0 aliphatic carbocycles. The molecular formula is C19H25N3O4. The lowest BCUT2D eigenvalue weighted by atomic mass is 10.0. The van der Waals surface area contributed by atoms with Crippen LogP contribution in [0.15, 0.2) is 23.0 Å². The third kappa shape index (κ3) is 4.84. The molecule has 0 aliphatic rings. The Hall–Kier alpha value is -2.83. The first-order valence-corrected chi connectivity index (χ1v) is 8.38. The maximum Gasteiger partial charge on any atom is 0.408 e. The molecule has 0 aliphatic heterocycles. The number of hydrogen-bond donors (Lipinski definition) is 3. The van der Waals surface area contributed by atoms with Gasteiger partial charge in [0.1, 0.15) is 11.6 Å². The highest BCUT2D eigenvalue weighted by molar-refractivity contribution is 5.85. The zero-order chi connectivity index (χ0) is 19.6. The zero-order valence-electron chi connectivity index (χ0n) is 15.7. The summed E-state index contributed by atoms with van der Waals surface area (Å²) >= 11 is 0. The molecule has 0 saturated heterocycles. The van der Waals surface area contributed by atoms with Crippen LogP contribution in [0.3, 0.4) is 0 Å². The number of aromatic amines is 1. The second kappa shape index (κ2) is 7.19. The van der Waals surface area contributed by atoms with Crippen LogP contribution < -0.4 is 16.6 Å². The van der Waals surface area contributed by atoms with Gasteiger partial charge in [-0.15, -0.1) is 0 Å². The summed E-state index contributed by atoms with van der Waals surface area (Å²) < 4.78 is 5.14. The number of H-pyrrole nitrogens is 1. The first-order chi connectivity index (χ1) is 12.0. The number of hydrogen-bond acceptors (Lipinski definition) is 4. The average molecular weight is 359 g/mol. The molecule has 7 nitrogen and oxygen atoms in total. The molecule has 0 spiro atoms. The highest BCUT2D eigenvalue weighted by atomic mass is 16.6. The third-order valence-corrected chi connectivity index (χ3v) is 3.99. The van der Waals surface area contributed by atoms with Crippen LogP contribution in [0.1, 0.15) is 37.5 Å². The highest BCUT2D eigenvalue weighted by Gasteiger charge is 2.24. The van der Waals surface area contributed by atoms with Gasteiger partial charge in [-0.3, -0.25) is 9.59 Å². The Morgan fingerprint density at radius 3 is 2.38 bits per heavy atom. The largest absolute Gasteiger partial charge is 0.444 e. The van der Waals surface area contributed by atoms with Crippen molar-refractivity contribution in [2.24, 2.45) is 5.73 Å². The molecule has 2 rings (SSSR count). The molecule has 140 valence electrons. The van der Waals surface area contributed by atoms with Crippen LogP contribution in [-0.4, -0.2) is 28.6 Å². The molecule has 1 heterocycles. The second-order valence-corrected chi connectivity index (χ2v) is 7.45. The SMILES string of the molecule is Cc1cc2cc(CC(NC(=O)OC(C)(C)C)C(N)=O)c(=O)[nH]c2cc1C. The van der Waals surface area contributed by atoms with Crippen LogP contribution >= 0.6 is 0 Å². The number of aryl methyl sites for hydroxylation is 2. The summed E-state index contributed by atoms with van der Waals surface area (Å²) in [5.41, 5.74) is 7.60. The van der Waals surface area contributed by atoms with Crippen LogP contribution in [0.5, 0.6) is 0 Å². The number of pyridine rings is 1. The summed E-state index contributed by atoms with van der Waals surface area (Å²) in [7, 11) is 0. The van der Waals surface area contributed by atoms with Crippen molar-refractivity contribution >= 4 is 22.9 Å². The van der Waals surface area contributed by atoms with Crippen molar-refractivity contribution in [2.45, 2.75) is 52.7 Å². The number of nitrogens with two attached hydrogens (primary N) is 1. The van der Waals surface area contributed by atoms with E-state index in [1.54, 1.807) is 26.8 Å². The monoisotopic (exact) mass is 359 g/mol. The number of fused-ring (bicyclic) bond motifs is 1. The minimum Gasteiger partial charge on any atom is -0.444 e. The van der Waals surface area contributed by atoms with E-state index in [1.807, 2.05) is 26.0 Å². The number of primary amides is 1. The third-order valence-electron chi connectivity index (χ3n) is 3.99. The summed E-state index contributed by atoms with van der Waals surface area (Å²) in [5, 5.41) is 3.28. The predicted molar refractivity (Wildman–Crippen MR) is 100 cm³/mol. The lowest BCUT2D eigenvalue weighted by Gasteiger charge is -2.22. The van der Waals surface area contributed by atoms with Crippen molar-refractivity contribution in [3.05, 3.63) is 45.2 Å². The van der Waals surface area contributed by atoms with Gasteiger partial charge in [-0.05, 0) is 69.3 Å². The Kier molecular flexibility index (Phi) is 5.39. The number of carbonyl (C=O) groups is 2. The fourth-order valence-electron chi connectivity index (χ4n) is 2.57. The van der Waals surface area contributed by atoms with Gasteiger partial charge in [0.2, 0.25) is 5.91 Å². The number of nitrogens with one attached hydrogen (secondary N) is 2. The van der Waals surface area contributed by atoms with E-state index in [-0.39, 0.29) is 12.0 Å². The zero-order valence-corrected chi connectivity index (χ0v) is 15.7. The van der Waals surface area contributed by atoms with Crippen molar-refractivity contribution in [1.82, 2.24) is 10.3 Å². The molecule has 1 atom stereocenters. The number of carbonyl (C=O) groups excluding carboxylic acids is 2. The van der Waals surface area contributed by atoms with E-state index in [2.05, 4.69) is 10.3 Å². The second-order valence-electron chi connectivity index (χ2n) is 7.45. The topological polar surface area (TPSA) is 114 Å². The molecular weight excluding hydrogens is 334 g/mol. The lowest BCUT2D eigenvalue weighted by Crippen LogP contribution is -2.48. The molecule has 4 N–H and O–H groups in total. The van der Waals surface area contributed by atoms with E-state index in [1.165, 1.54) is 0 Å². The van der Waals surface area contributed by atoms with Crippen LogP contribution in [-0.2, 0) is 16.0 Å². The van der Waals surface area contributed by atoms with Crippen LogP contribution in [0.25, 0.3) is 10.9 Å². The van der Waals surface area contributed by atoms with Crippen molar-refractivity contribution < 1.29 is 14.3 Å². The van der Waals surface area contributed by atoms with Crippen LogP contribution in [0.2, 0.25) is 0 Å². The highest BCUT2D eigenvalue weighted by Crippen LogP contribution is 2.17. The summed E-state index contributed by atoms with van der Waals surface area (Å²) in [4.78, 5) is 38.8. The first kappa shape index (κ1) is 19.5. The van der Waals surface area contributed by atoms with E-state index in [4.69, 9.17) is 10.5 Å². The quantitative estimate of drug-likeness (QED) is 0.775. The summed E-state index contributed by atoms with van der Waals surface area (Å²) in [6.45, 7) is 9.09. The van der Waals surface area contributed by atoms with Crippen molar-refractivity contribution in [3.63, 3.8) is 0 Å². The molecule has 1 aromatic heterocycles. The van der Waals surface area contributed by atoms with Gasteiger partial charge in [0.15, 0.2) is 0 Å². The molecule has 7 heteroatoms. The molecule has 1 aromatic carbocycles. The average Bonchev–Trinajstić information content (AvgIpc) is 2.47. The molecule has 0 saturated carbocycles. The van der Waals surface area contributed by atoms with E-state index in [9.17, 15) is 14.4 Å². The van der Waals surface area contributed by atoms with Crippen molar-refractivity contribution in [1.29, 1.82) is 0 Å². The van der Waals surface area contributed by atoms with Gasteiger partial charge in [-0.2, -0.15) is 0 Å². The van der Waals surface area contributed by atoms with E-state index < -0.39 is 23.6 Å². The number of amides is 2. The van der Waals surface area contributed by atoms with Gasteiger partial charge in [0.05, 0.1) is 0 Å². The van der Waals surface area contributed by atoms with Gasteiger partial charge < -0.3 is 20.8 Å². The number of rotatable bonds is 4. The lowest BCUT2D eigenvalue weighted by molar-refractivity contribution is -0.120. The minimum absolute atomic E-state index is 0.0211. The predicted octanol–water partition coefficient (Wildman–Crippen LogP) is 2.07. The molecule has 0 fully saturated rings. The van der Waals surface area contributed by atoms with E-state index in [0.29, 0.717) is 5.56 Å². The molecule has 0 radical (unpaired) electrons. The Balaban J connectivity index is 2.29. The molecule has 26 heavy (non-hydrogen) atoms. The number of benzene rings is 1. The molecule has 1 unspecified atom stereocenters. The molecule has 0 bridgehead atoms. The van der Waals surface area contributed by atoms with E-state index >= 15 is 0 Å². The Bertz CT molecular complexity index is 909. The van der Waals surface area contributed by atoms with Crippen LogP contribution in [0, 0.1) is 13.8 Å². The van der Waals surface area contributed by atoms with Crippen LogP contribution in [0.4, 0.5) is 4.79 Å². The van der Waals surface area contributed by atoms with Gasteiger partial charge in [0.25, 0.3) is 5.56 Å². The van der Waals surface area contributed by atoms with Crippen molar-refractivity contribution in [2.75, 3.05) is 0 Å². The summed E-state index contributed by atoms with van der Waals surface area (Å²) in [5.74, 6) is -0.740. The van der Waals surface area contributed by atoms with E-state index in [0.717, 1.165) is 22.0 Å². The van der Waals surface area contributed by atoms with Gasteiger partial charge in [0, 0.05) is 17.5 Å². The van der Waals surface area contributed by atoms with Crippen molar-refractivity contribution in [3.8, 4) is 0 Å². The minimum atomic E-state index is -1.05. The normalized spacial score (nSPS) is 12.7. The Labute approximate surface area is 151 Å². The van der Waals surface area contributed by atoms with Gasteiger partial charge in [-0.25, -0.2) is 4.79 Å². The first-order valence-electron chi connectivity index (χ1n) is 8.38. The number of alkyl carbamates (subject to hydrolysis) is 1. The summed E-state index contributed by atoms with van der Waals surface area (Å²) in [6, 6.07) is 4.54. The maximum absolute atomic E-state index is 12.4. The Morgan fingerprint density at radius 2 is 1.81 bits per heavy atom. The Morgan fingerprint density at radius 1 is 1.19 bits per heavy atom. The fraction of sp³-hybridized carbons (Fsp3) is 0.421. The number of ether oxygens (including phenoxy) is 1. The standard InChI is InChI=1S/C19H25N3O4/c1-10-6-12-8-13(17(24)21-14(12)7-11(10)2)9-15(16(20)23)22-18(25)26-19(3,4)5/h6-8,15H,9H2,1-5H3,(H2,20,23)(H,21,24)(H,22,25). The van der Waals surface area contributed by atoms with Gasteiger partial charge >= 0.3 is 6.09 Å². The molecule has 2 aromatic rings.